The van der Waals surface area contributed by atoms with E-state index in [1.807, 2.05) is 4.90 Å². The van der Waals surface area contributed by atoms with Gasteiger partial charge in [0, 0.05) is 30.5 Å². The number of rotatable bonds is 10. The summed E-state index contributed by atoms with van der Waals surface area (Å²) in [5.41, 5.74) is 1.35. The molecule has 1 rings (SSSR count). The highest BCUT2D eigenvalue weighted by atomic mass is 35.5. The normalized spacial score (nSPS) is 12.7. The third-order valence-electron chi connectivity index (χ3n) is 3.67. The van der Waals surface area contributed by atoms with E-state index in [0.29, 0.717) is 30.4 Å². The Labute approximate surface area is 156 Å². The minimum atomic E-state index is -4.46. The quantitative estimate of drug-likeness (QED) is 0.423. The molecule has 0 amide bonds. The monoisotopic (exact) mass is 399 g/mol. The third-order valence-corrected chi connectivity index (χ3v) is 4.01. The van der Waals surface area contributed by atoms with Crippen LogP contribution in [0.2, 0.25) is 0 Å². The van der Waals surface area contributed by atoms with Gasteiger partial charge in [-0.25, -0.2) is 0 Å². The van der Waals surface area contributed by atoms with Crippen molar-refractivity contribution < 1.29 is 22.7 Å². The molecule has 0 aliphatic heterocycles. The first kappa shape index (κ1) is 21.9. The molecule has 0 heterocycles. The molecule has 1 aromatic rings. The number of esters is 1. The Kier molecular flexibility index (Phi) is 9.43. The number of benzene rings is 1. The molecule has 0 aliphatic carbocycles. The van der Waals surface area contributed by atoms with Crippen LogP contribution in [0, 0.1) is 5.92 Å². The first-order chi connectivity index (χ1) is 11.8. The van der Waals surface area contributed by atoms with Crippen LogP contribution in [0.4, 0.5) is 18.9 Å². The largest absolute Gasteiger partial charge is 0.466 e. The third kappa shape index (κ3) is 7.74. The van der Waals surface area contributed by atoms with Gasteiger partial charge in [0.25, 0.3) is 0 Å². The number of carbonyl (C=O) groups excluding carboxylic acids is 1. The van der Waals surface area contributed by atoms with Gasteiger partial charge in [-0.05, 0) is 31.0 Å². The van der Waals surface area contributed by atoms with Crippen LogP contribution in [-0.4, -0.2) is 43.6 Å². The molecule has 0 saturated carbocycles. The van der Waals surface area contributed by atoms with Crippen molar-refractivity contribution >= 4 is 34.9 Å². The number of hydrogen-bond donors (Lipinski definition) is 0. The van der Waals surface area contributed by atoms with Gasteiger partial charge in [-0.1, -0.05) is 12.1 Å². The summed E-state index contributed by atoms with van der Waals surface area (Å²) in [6.45, 7) is 2.82. The number of halogens is 5. The Hall–Kier alpha value is -1.14. The Bertz CT molecular complexity index is 518. The molecule has 3 nitrogen and oxygen atoms in total. The fraction of sp³-hybridized carbons (Fsp3) is 0.588. The number of ether oxygens (including phenoxy) is 1. The van der Waals surface area contributed by atoms with Gasteiger partial charge in [-0.15, -0.1) is 23.2 Å². The van der Waals surface area contributed by atoms with E-state index in [1.165, 1.54) is 0 Å². The second kappa shape index (κ2) is 10.8. The van der Waals surface area contributed by atoms with Crippen LogP contribution >= 0.6 is 23.2 Å². The molecule has 25 heavy (non-hydrogen) atoms. The smallest absolute Gasteiger partial charge is 0.392 e. The van der Waals surface area contributed by atoms with E-state index in [2.05, 4.69) is 4.74 Å². The van der Waals surface area contributed by atoms with Gasteiger partial charge in [0.15, 0.2) is 0 Å². The lowest BCUT2D eigenvalue weighted by Crippen LogP contribution is -2.29. The zero-order valence-corrected chi connectivity index (χ0v) is 15.5. The van der Waals surface area contributed by atoms with Crippen molar-refractivity contribution in [3.05, 3.63) is 29.8 Å². The highest BCUT2D eigenvalue weighted by Crippen LogP contribution is 2.32. The number of hydrogen-bond acceptors (Lipinski definition) is 3. The Morgan fingerprint density at radius 3 is 2.16 bits per heavy atom. The molecule has 0 N–H and O–H groups in total. The van der Waals surface area contributed by atoms with E-state index in [4.69, 9.17) is 23.2 Å². The lowest BCUT2D eigenvalue weighted by atomic mass is 9.95. The number of carbonyl (C=O) groups is 1. The van der Waals surface area contributed by atoms with Crippen LogP contribution in [0.25, 0.3) is 0 Å². The van der Waals surface area contributed by atoms with Gasteiger partial charge in [0.1, 0.15) is 0 Å². The second-order valence-electron chi connectivity index (χ2n) is 5.48. The van der Waals surface area contributed by atoms with Crippen molar-refractivity contribution in [2.45, 2.75) is 25.9 Å². The number of alkyl halides is 5. The van der Waals surface area contributed by atoms with Gasteiger partial charge in [-0.2, -0.15) is 13.2 Å². The molecule has 0 saturated heterocycles. The van der Waals surface area contributed by atoms with Crippen LogP contribution in [0.1, 0.15) is 18.9 Å². The van der Waals surface area contributed by atoms with E-state index in [-0.39, 0.29) is 13.0 Å². The lowest BCUT2D eigenvalue weighted by molar-refractivity contribution is -0.184. The van der Waals surface area contributed by atoms with E-state index < -0.39 is 24.5 Å². The summed E-state index contributed by atoms with van der Waals surface area (Å²) >= 11 is 11.5. The fourth-order valence-electron chi connectivity index (χ4n) is 2.43. The summed E-state index contributed by atoms with van der Waals surface area (Å²) in [6, 6.07) is 6.75. The average molecular weight is 400 g/mol. The Balaban J connectivity index is 2.82. The lowest BCUT2D eigenvalue weighted by Gasteiger charge is -2.23. The number of anilines is 1. The maximum absolute atomic E-state index is 13.2. The van der Waals surface area contributed by atoms with Crippen molar-refractivity contribution in [3.8, 4) is 0 Å². The standard InChI is InChI=1S/C17H22Cl2F3NO2/c1-2-25-16(24)12-14(17(20,21)22)11-13-3-5-15(6-4-13)23(9-7-18)10-8-19/h3-6,14H,2,7-12H2,1H3. The van der Waals surface area contributed by atoms with Crippen molar-refractivity contribution in [1.82, 2.24) is 0 Å². The molecule has 1 atom stereocenters. The maximum atomic E-state index is 13.2. The average Bonchev–Trinajstić information content (AvgIpc) is 2.54. The van der Waals surface area contributed by atoms with E-state index in [1.54, 1.807) is 31.2 Å². The molecule has 0 bridgehead atoms. The van der Waals surface area contributed by atoms with Gasteiger partial charge >= 0.3 is 12.1 Å². The summed E-state index contributed by atoms with van der Waals surface area (Å²) in [6.07, 6.45) is -5.41. The second-order valence-corrected chi connectivity index (χ2v) is 6.24. The van der Waals surface area contributed by atoms with Gasteiger partial charge < -0.3 is 9.64 Å². The van der Waals surface area contributed by atoms with Crippen molar-refractivity contribution in [2.75, 3.05) is 36.4 Å². The molecule has 0 aromatic heterocycles. The fourth-order valence-corrected chi connectivity index (χ4v) is 2.83. The topological polar surface area (TPSA) is 29.5 Å². The maximum Gasteiger partial charge on any atom is 0.392 e. The molecule has 0 radical (unpaired) electrons. The first-order valence-corrected chi connectivity index (χ1v) is 9.06. The Morgan fingerprint density at radius 1 is 1.16 bits per heavy atom. The zero-order chi connectivity index (χ0) is 18.9. The molecular weight excluding hydrogens is 378 g/mol. The summed E-state index contributed by atoms with van der Waals surface area (Å²) in [5.74, 6) is -1.75. The van der Waals surface area contributed by atoms with Crippen molar-refractivity contribution in [2.24, 2.45) is 5.92 Å². The molecule has 1 aromatic carbocycles. The van der Waals surface area contributed by atoms with Crippen LogP contribution in [-0.2, 0) is 16.0 Å². The number of nitrogens with zero attached hydrogens (tertiary/aromatic N) is 1. The van der Waals surface area contributed by atoms with Crippen molar-refractivity contribution in [3.63, 3.8) is 0 Å². The summed E-state index contributed by atoms with van der Waals surface area (Å²) in [5, 5.41) is 0. The highest BCUT2D eigenvalue weighted by molar-refractivity contribution is 6.18. The minimum absolute atomic E-state index is 0.0646. The van der Waals surface area contributed by atoms with Crippen LogP contribution in [0.5, 0.6) is 0 Å². The van der Waals surface area contributed by atoms with Crippen LogP contribution in [0.15, 0.2) is 24.3 Å². The van der Waals surface area contributed by atoms with Gasteiger partial charge in [-0.3, -0.25) is 4.79 Å². The molecule has 8 heteroatoms. The molecule has 1 unspecified atom stereocenters. The van der Waals surface area contributed by atoms with Gasteiger partial charge in [0.2, 0.25) is 0 Å². The van der Waals surface area contributed by atoms with E-state index >= 15 is 0 Å². The Morgan fingerprint density at radius 2 is 1.72 bits per heavy atom. The van der Waals surface area contributed by atoms with Crippen LogP contribution in [0.3, 0.4) is 0 Å². The SMILES string of the molecule is CCOC(=O)CC(Cc1ccc(N(CCCl)CCCl)cc1)C(F)(F)F. The predicted octanol–water partition coefficient (Wildman–Crippen LogP) is 4.64. The molecular formula is C17H22Cl2F3NO2. The van der Waals surface area contributed by atoms with E-state index in [9.17, 15) is 18.0 Å². The molecule has 0 spiro atoms. The summed E-state index contributed by atoms with van der Waals surface area (Å²) in [4.78, 5) is 13.4. The molecule has 0 aliphatic rings. The highest BCUT2D eigenvalue weighted by Gasteiger charge is 2.41. The van der Waals surface area contributed by atoms with Gasteiger partial charge in [0.05, 0.1) is 18.9 Å². The first-order valence-electron chi connectivity index (χ1n) is 8.00. The summed E-state index contributed by atoms with van der Waals surface area (Å²) < 4.78 is 44.1. The molecule has 0 fully saturated rings. The summed E-state index contributed by atoms with van der Waals surface area (Å²) in [7, 11) is 0. The van der Waals surface area contributed by atoms with Crippen molar-refractivity contribution in [1.29, 1.82) is 0 Å². The zero-order valence-electron chi connectivity index (χ0n) is 14.0. The predicted molar refractivity (Wildman–Crippen MR) is 94.6 cm³/mol. The van der Waals surface area contributed by atoms with E-state index in [0.717, 1.165) is 5.69 Å². The minimum Gasteiger partial charge on any atom is -0.466 e. The van der Waals surface area contributed by atoms with Crippen LogP contribution < -0.4 is 4.90 Å². The molecule has 142 valence electrons.